The predicted octanol–water partition coefficient (Wildman–Crippen LogP) is -0.801. The van der Waals surface area contributed by atoms with Gasteiger partial charge in [0.2, 0.25) is 11.8 Å². The Morgan fingerprint density at radius 3 is 2.89 bits per heavy atom. The molecule has 94 valence electrons. The lowest BCUT2D eigenvalue weighted by Gasteiger charge is -2.21. The molecule has 2 rings (SSSR count). The fourth-order valence-electron chi connectivity index (χ4n) is 1.64. The molecule has 1 aromatic heterocycles. The van der Waals surface area contributed by atoms with Gasteiger partial charge in [0.25, 0.3) is 5.91 Å². The number of piperidine rings is 1. The predicted molar refractivity (Wildman–Crippen MR) is 62.3 cm³/mol. The van der Waals surface area contributed by atoms with Gasteiger partial charge in [-0.2, -0.15) is 0 Å². The highest BCUT2D eigenvalue weighted by atomic mass is 16.2. The number of carbonyl (C=O) groups excluding carboxylic acids is 3. The van der Waals surface area contributed by atoms with E-state index in [1.54, 1.807) is 12.1 Å². The third-order valence-electron chi connectivity index (χ3n) is 2.55. The van der Waals surface area contributed by atoms with Crippen LogP contribution < -0.4 is 16.4 Å². The first-order valence-corrected chi connectivity index (χ1v) is 5.43. The number of amides is 3. The number of anilines is 1. The van der Waals surface area contributed by atoms with E-state index >= 15 is 0 Å². The molecule has 0 saturated carbocycles. The van der Waals surface area contributed by atoms with E-state index in [1.165, 1.54) is 6.07 Å². The molecule has 4 N–H and O–H groups in total. The molecule has 1 fully saturated rings. The summed E-state index contributed by atoms with van der Waals surface area (Å²) in [6.45, 7) is 0. The number of rotatable bonds is 2. The van der Waals surface area contributed by atoms with Gasteiger partial charge < -0.3 is 11.1 Å². The molecule has 18 heavy (non-hydrogen) atoms. The minimum Gasteiger partial charge on any atom is -0.384 e. The summed E-state index contributed by atoms with van der Waals surface area (Å²) in [5.41, 5.74) is 5.60. The zero-order valence-electron chi connectivity index (χ0n) is 9.47. The molecule has 0 spiro atoms. The Bertz CT molecular complexity index is 515. The molecule has 1 aliphatic heterocycles. The fraction of sp³-hybridized carbons (Fsp3) is 0.273. The largest absolute Gasteiger partial charge is 0.384 e. The average molecular weight is 248 g/mol. The van der Waals surface area contributed by atoms with E-state index in [0.29, 0.717) is 6.42 Å². The smallest absolute Gasteiger partial charge is 0.270 e. The first kappa shape index (κ1) is 12.0. The molecule has 1 aromatic rings. The summed E-state index contributed by atoms with van der Waals surface area (Å²) < 4.78 is 0. The first-order chi connectivity index (χ1) is 8.56. The van der Waals surface area contributed by atoms with Gasteiger partial charge in [-0.05, 0) is 18.6 Å². The third-order valence-corrected chi connectivity index (χ3v) is 2.55. The molecule has 1 saturated heterocycles. The van der Waals surface area contributed by atoms with Crippen LogP contribution in [0.3, 0.4) is 0 Å². The zero-order valence-corrected chi connectivity index (χ0v) is 9.47. The number of nitrogen functional groups attached to an aromatic ring is 1. The summed E-state index contributed by atoms with van der Waals surface area (Å²) in [5.74, 6) is -1.08. The lowest BCUT2D eigenvalue weighted by Crippen LogP contribution is -2.52. The first-order valence-electron chi connectivity index (χ1n) is 5.43. The van der Waals surface area contributed by atoms with Gasteiger partial charge in [-0.1, -0.05) is 6.07 Å². The van der Waals surface area contributed by atoms with Crippen LogP contribution in [0.15, 0.2) is 18.2 Å². The zero-order chi connectivity index (χ0) is 13.1. The van der Waals surface area contributed by atoms with E-state index in [-0.39, 0.29) is 23.8 Å². The van der Waals surface area contributed by atoms with Crippen molar-refractivity contribution in [2.24, 2.45) is 0 Å². The summed E-state index contributed by atoms with van der Waals surface area (Å²) in [7, 11) is 0. The van der Waals surface area contributed by atoms with E-state index in [1.807, 2.05) is 0 Å². The van der Waals surface area contributed by atoms with Crippen molar-refractivity contribution in [1.29, 1.82) is 0 Å². The second-order valence-corrected chi connectivity index (χ2v) is 3.92. The normalized spacial score (nSPS) is 19.2. The standard InChI is InChI=1S/C11H12N4O3/c12-8-3-1-2-6(13-8)10(17)14-7-4-5-9(16)15-11(7)18/h1-3,7H,4-5H2,(H2,12,13)(H,14,17)(H,15,16,18). The monoisotopic (exact) mass is 248 g/mol. The van der Waals surface area contributed by atoms with Crippen molar-refractivity contribution in [2.45, 2.75) is 18.9 Å². The maximum absolute atomic E-state index is 11.8. The Hall–Kier alpha value is -2.44. The van der Waals surface area contributed by atoms with Crippen molar-refractivity contribution in [3.8, 4) is 0 Å². The highest BCUT2D eigenvalue weighted by Crippen LogP contribution is 2.06. The summed E-state index contributed by atoms with van der Waals surface area (Å²) >= 11 is 0. The minimum atomic E-state index is -0.710. The van der Waals surface area contributed by atoms with Crippen LogP contribution in [0.2, 0.25) is 0 Å². The van der Waals surface area contributed by atoms with Gasteiger partial charge >= 0.3 is 0 Å². The number of aromatic nitrogens is 1. The fourth-order valence-corrected chi connectivity index (χ4v) is 1.64. The summed E-state index contributed by atoms with van der Waals surface area (Å²) in [6.07, 6.45) is 0.500. The number of nitrogens with two attached hydrogens (primary N) is 1. The van der Waals surface area contributed by atoms with E-state index in [0.717, 1.165) is 0 Å². The van der Waals surface area contributed by atoms with Crippen molar-refractivity contribution in [2.75, 3.05) is 5.73 Å². The van der Waals surface area contributed by atoms with Crippen molar-refractivity contribution in [1.82, 2.24) is 15.6 Å². The minimum absolute atomic E-state index is 0.139. The van der Waals surface area contributed by atoms with Crippen LogP contribution in [0.5, 0.6) is 0 Å². The third kappa shape index (κ3) is 2.62. The van der Waals surface area contributed by atoms with Gasteiger partial charge in [0, 0.05) is 6.42 Å². The van der Waals surface area contributed by atoms with Crippen LogP contribution >= 0.6 is 0 Å². The number of imide groups is 1. The van der Waals surface area contributed by atoms with Crippen LogP contribution in [-0.2, 0) is 9.59 Å². The lowest BCUT2D eigenvalue weighted by molar-refractivity contribution is -0.134. The topological polar surface area (TPSA) is 114 Å². The Morgan fingerprint density at radius 2 is 2.22 bits per heavy atom. The molecule has 1 aliphatic rings. The molecule has 0 aromatic carbocycles. The van der Waals surface area contributed by atoms with Gasteiger partial charge in [0.05, 0.1) is 0 Å². The SMILES string of the molecule is Nc1cccc(C(=O)NC2CCC(=O)NC2=O)n1. The van der Waals surface area contributed by atoms with Crippen molar-refractivity contribution >= 4 is 23.5 Å². The molecular weight excluding hydrogens is 236 g/mol. The van der Waals surface area contributed by atoms with E-state index in [2.05, 4.69) is 15.6 Å². The number of carbonyl (C=O) groups is 3. The van der Waals surface area contributed by atoms with Gasteiger partial charge in [0.15, 0.2) is 0 Å². The number of hydrogen-bond acceptors (Lipinski definition) is 5. The number of nitrogens with one attached hydrogen (secondary N) is 2. The molecule has 0 radical (unpaired) electrons. The molecule has 0 bridgehead atoms. The average Bonchev–Trinajstić information content (AvgIpc) is 2.32. The molecule has 1 atom stereocenters. The number of nitrogens with zero attached hydrogens (tertiary/aromatic N) is 1. The Morgan fingerprint density at radius 1 is 1.44 bits per heavy atom. The van der Waals surface area contributed by atoms with Crippen LogP contribution in [0.4, 0.5) is 5.82 Å². The highest BCUT2D eigenvalue weighted by Gasteiger charge is 2.28. The van der Waals surface area contributed by atoms with Crippen LogP contribution in [0, 0.1) is 0 Å². The quantitative estimate of drug-likeness (QED) is 0.593. The lowest BCUT2D eigenvalue weighted by atomic mass is 10.1. The second kappa shape index (κ2) is 4.82. The molecule has 0 aliphatic carbocycles. The Balaban J connectivity index is 2.03. The second-order valence-electron chi connectivity index (χ2n) is 3.92. The van der Waals surface area contributed by atoms with E-state index < -0.39 is 17.9 Å². The van der Waals surface area contributed by atoms with Crippen molar-refractivity contribution < 1.29 is 14.4 Å². The van der Waals surface area contributed by atoms with Gasteiger partial charge in [0.1, 0.15) is 17.6 Å². The molecule has 3 amide bonds. The van der Waals surface area contributed by atoms with E-state index in [9.17, 15) is 14.4 Å². The maximum atomic E-state index is 11.8. The van der Waals surface area contributed by atoms with Gasteiger partial charge in [-0.15, -0.1) is 0 Å². The molecule has 7 heteroatoms. The highest BCUT2D eigenvalue weighted by molar-refractivity contribution is 6.03. The molecule has 1 unspecified atom stereocenters. The van der Waals surface area contributed by atoms with Crippen LogP contribution in [0.25, 0.3) is 0 Å². The van der Waals surface area contributed by atoms with Crippen LogP contribution in [-0.4, -0.2) is 28.7 Å². The summed E-state index contributed by atoms with van der Waals surface area (Å²) in [5, 5.41) is 4.67. The summed E-state index contributed by atoms with van der Waals surface area (Å²) in [4.78, 5) is 38.0. The maximum Gasteiger partial charge on any atom is 0.270 e. The van der Waals surface area contributed by atoms with Crippen LogP contribution in [0.1, 0.15) is 23.3 Å². The Labute approximate surface area is 103 Å². The van der Waals surface area contributed by atoms with Gasteiger partial charge in [-0.3, -0.25) is 19.7 Å². The van der Waals surface area contributed by atoms with Crippen molar-refractivity contribution in [3.05, 3.63) is 23.9 Å². The van der Waals surface area contributed by atoms with Gasteiger partial charge in [-0.25, -0.2) is 4.98 Å². The van der Waals surface area contributed by atoms with E-state index in [4.69, 9.17) is 5.73 Å². The number of hydrogen-bond donors (Lipinski definition) is 3. The molecule has 7 nitrogen and oxygen atoms in total. The Kier molecular flexibility index (Phi) is 3.22. The molecule has 2 heterocycles. The van der Waals surface area contributed by atoms with Crippen molar-refractivity contribution in [3.63, 3.8) is 0 Å². The summed E-state index contributed by atoms with van der Waals surface area (Å²) in [6, 6.07) is 3.95. The number of pyridine rings is 1. The molecular formula is C11H12N4O3.